The van der Waals surface area contributed by atoms with Crippen molar-refractivity contribution in [3.63, 3.8) is 0 Å². The van der Waals surface area contributed by atoms with Crippen LogP contribution in [0.1, 0.15) is 10.4 Å². The Labute approximate surface area is 109 Å². The zero-order chi connectivity index (χ0) is 11.4. The molecule has 84 valence electrons. The van der Waals surface area contributed by atoms with Crippen LogP contribution in [-0.4, -0.2) is 11.9 Å². The molecule has 0 unspecified atom stereocenters. The van der Waals surface area contributed by atoms with Crippen LogP contribution < -0.4 is 0 Å². The number of hydrogen-bond acceptors (Lipinski definition) is 2. The second-order valence-electron chi connectivity index (χ2n) is 3.89. The van der Waals surface area contributed by atoms with E-state index in [0.717, 1.165) is 13.1 Å². The molecular formula is C13H14BrNS. The molecule has 0 N–H and O–H groups in total. The van der Waals surface area contributed by atoms with Gasteiger partial charge in [0, 0.05) is 27.8 Å². The molecule has 1 aromatic carbocycles. The minimum absolute atomic E-state index is 0.996. The fourth-order valence-corrected chi connectivity index (χ4v) is 3.18. The molecule has 1 heterocycles. The molecule has 3 heteroatoms. The number of thiophene rings is 1. The predicted octanol–water partition coefficient (Wildman–Crippen LogP) is 4.14. The van der Waals surface area contributed by atoms with Crippen molar-refractivity contribution in [2.24, 2.45) is 0 Å². The zero-order valence-corrected chi connectivity index (χ0v) is 11.6. The van der Waals surface area contributed by atoms with Gasteiger partial charge < -0.3 is 0 Å². The highest BCUT2D eigenvalue weighted by Crippen LogP contribution is 2.21. The van der Waals surface area contributed by atoms with Gasteiger partial charge in [0.25, 0.3) is 0 Å². The van der Waals surface area contributed by atoms with Crippen LogP contribution in [0.4, 0.5) is 0 Å². The lowest BCUT2D eigenvalue weighted by molar-refractivity contribution is 0.322. The first-order valence-corrected chi connectivity index (χ1v) is 6.86. The van der Waals surface area contributed by atoms with E-state index in [1.165, 1.54) is 14.9 Å². The number of halogens is 1. The SMILES string of the molecule is CN(Cc1ccccc1)Cc1cc(Br)cs1. The topological polar surface area (TPSA) is 3.24 Å². The summed E-state index contributed by atoms with van der Waals surface area (Å²) >= 11 is 5.28. The average Bonchev–Trinajstić information content (AvgIpc) is 2.65. The fourth-order valence-electron chi connectivity index (χ4n) is 1.65. The minimum atomic E-state index is 0.996. The Bertz CT molecular complexity index is 438. The van der Waals surface area contributed by atoms with Crippen LogP contribution >= 0.6 is 27.3 Å². The third-order valence-corrected chi connectivity index (χ3v) is 4.03. The molecule has 16 heavy (non-hydrogen) atoms. The summed E-state index contributed by atoms with van der Waals surface area (Å²) < 4.78 is 1.18. The van der Waals surface area contributed by atoms with Gasteiger partial charge in [-0.25, -0.2) is 0 Å². The Balaban J connectivity index is 1.92. The Kier molecular flexibility index (Phi) is 4.16. The molecule has 2 rings (SSSR count). The van der Waals surface area contributed by atoms with Crippen molar-refractivity contribution in [3.05, 3.63) is 56.7 Å². The van der Waals surface area contributed by atoms with Crippen LogP contribution in [0.3, 0.4) is 0 Å². The summed E-state index contributed by atoms with van der Waals surface area (Å²) in [4.78, 5) is 3.72. The summed E-state index contributed by atoms with van der Waals surface area (Å²) in [7, 11) is 2.15. The average molecular weight is 296 g/mol. The van der Waals surface area contributed by atoms with Crippen molar-refractivity contribution in [1.82, 2.24) is 4.90 Å². The number of rotatable bonds is 4. The van der Waals surface area contributed by atoms with Crippen LogP contribution in [0.15, 0.2) is 46.3 Å². The number of benzene rings is 1. The second kappa shape index (κ2) is 5.62. The van der Waals surface area contributed by atoms with Gasteiger partial charge in [-0.15, -0.1) is 11.3 Å². The Morgan fingerprint density at radius 3 is 2.56 bits per heavy atom. The third-order valence-electron chi connectivity index (χ3n) is 2.34. The van der Waals surface area contributed by atoms with Crippen molar-refractivity contribution in [2.45, 2.75) is 13.1 Å². The molecule has 0 spiro atoms. The van der Waals surface area contributed by atoms with E-state index in [-0.39, 0.29) is 0 Å². The molecule has 2 aromatic rings. The molecule has 0 atom stereocenters. The first-order valence-electron chi connectivity index (χ1n) is 5.19. The molecule has 0 saturated heterocycles. The lowest BCUT2D eigenvalue weighted by Gasteiger charge is -2.15. The van der Waals surface area contributed by atoms with Crippen molar-refractivity contribution < 1.29 is 0 Å². The van der Waals surface area contributed by atoms with Crippen molar-refractivity contribution in [3.8, 4) is 0 Å². The van der Waals surface area contributed by atoms with Gasteiger partial charge in [-0.1, -0.05) is 30.3 Å². The summed E-state index contributed by atoms with van der Waals surface area (Å²) in [5.41, 5.74) is 1.36. The third kappa shape index (κ3) is 3.44. The second-order valence-corrected chi connectivity index (χ2v) is 5.80. The van der Waals surface area contributed by atoms with Crippen LogP contribution in [0.2, 0.25) is 0 Å². The summed E-state index contributed by atoms with van der Waals surface area (Å²) in [6.07, 6.45) is 0. The van der Waals surface area contributed by atoms with E-state index < -0.39 is 0 Å². The van der Waals surface area contributed by atoms with Gasteiger partial charge in [0.15, 0.2) is 0 Å². The molecule has 0 aliphatic rings. The molecule has 0 fully saturated rings. The normalized spacial score (nSPS) is 10.9. The Morgan fingerprint density at radius 2 is 1.94 bits per heavy atom. The predicted molar refractivity (Wildman–Crippen MR) is 73.6 cm³/mol. The molecule has 0 aliphatic carbocycles. The number of hydrogen-bond donors (Lipinski definition) is 0. The largest absolute Gasteiger partial charge is 0.297 e. The summed E-state index contributed by atoms with van der Waals surface area (Å²) in [6, 6.07) is 12.8. The van der Waals surface area contributed by atoms with Crippen molar-refractivity contribution >= 4 is 27.3 Å². The number of nitrogens with zero attached hydrogens (tertiary/aromatic N) is 1. The highest BCUT2D eigenvalue weighted by molar-refractivity contribution is 9.10. The van der Waals surface area contributed by atoms with Gasteiger partial charge in [0.1, 0.15) is 0 Å². The van der Waals surface area contributed by atoms with Gasteiger partial charge in [0.2, 0.25) is 0 Å². The first kappa shape index (κ1) is 11.8. The summed E-state index contributed by atoms with van der Waals surface area (Å²) in [5, 5.41) is 2.13. The summed E-state index contributed by atoms with van der Waals surface area (Å²) in [6.45, 7) is 2.00. The molecule has 0 saturated carbocycles. The van der Waals surface area contributed by atoms with Gasteiger partial charge >= 0.3 is 0 Å². The van der Waals surface area contributed by atoms with Crippen molar-refractivity contribution in [1.29, 1.82) is 0 Å². The van der Waals surface area contributed by atoms with Gasteiger partial charge in [-0.05, 0) is 34.6 Å². The van der Waals surface area contributed by atoms with Gasteiger partial charge in [0.05, 0.1) is 0 Å². The Morgan fingerprint density at radius 1 is 1.19 bits per heavy atom. The minimum Gasteiger partial charge on any atom is -0.297 e. The first-order chi connectivity index (χ1) is 7.74. The smallest absolute Gasteiger partial charge is 0.0328 e. The fraction of sp³-hybridized carbons (Fsp3) is 0.231. The van der Waals surface area contributed by atoms with E-state index >= 15 is 0 Å². The molecule has 0 aliphatic heterocycles. The zero-order valence-electron chi connectivity index (χ0n) is 9.19. The van der Waals surface area contributed by atoms with Crippen LogP contribution in [0, 0.1) is 0 Å². The van der Waals surface area contributed by atoms with Crippen LogP contribution in [0.5, 0.6) is 0 Å². The van der Waals surface area contributed by atoms with E-state index in [1.807, 2.05) is 0 Å². The molecular weight excluding hydrogens is 282 g/mol. The highest BCUT2D eigenvalue weighted by atomic mass is 79.9. The van der Waals surface area contributed by atoms with E-state index in [2.05, 4.69) is 69.7 Å². The standard InChI is InChI=1S/C13H14BrNS/c1-15(8-11-5-3-2-4-6-11)9-13-7-12(14)10-16-13/h2-7,10H,8-9H2,1H3. The van der Waals surface area contributed by atoms with Crippen LogP contribution in [0.25, 0.3) is 0 Å². The maximum absolute atomic E-state index is 3.48. The highest BCUT2D eigenvalue weighted by Gasteiger charge is 2.03. The molecule has 0 bridgehead atoms. The van der Waals surface area contributed by atoms with E-state index in [4.69, 9.17) is 0 Å². The van der Waals surface area contributed by atoms with Crippen LogP contribution in [-0.2, 0) is 13.1 Å². The van der Waals surface area contributed by atoms with Gasteiger partial charge in [-0.2, -0.15) is 0 Å². The lowest BCUT2D eigenvalue weighted by Crippen LogP contribution is -2.16. The quantitative estimate of drug-likeness (QED) is 0.819. The summed E-state index contributed by atoms with van der Waals surface area (Å²) in [5.74, 6) is 0. The maximum atomic E-state index is 3.48. The lowest BCUT2D eigenvalue weighted by atomic mass is 10.2. The van der Waals surface area contributed by atoms with E-state index in [1.54, 1.807) is 11.3 Å². The molecule has 0 radical (unpaired) electrons. The van der Waals surface area contributed by atoms with E-state index in [9.17, 15) is 0 Å². The Hall–Kier alpha value is -0.640. The van der Waals surface area contributed by atoms with E-state index in [0.29, 0.717) is 0 Å². The maximum Gasteiger partial charge on any atom is 0.0328 e. The molecule has 1 nitrogen and oxygen atoms in total. The van der Waals surface area contributed by atoms with Crippen molar-refractivity contribution in [2.75, 3.05) is 7.05 Å². The molecule has 1 aromatic heterocycles. The molecule has 0 amide bonds. The monoisotopic (exact) mass is 295 g/mol. The van der Waals surface area contributed by atoms with Gasteiger partial charge in [-0.3, -0.25) is 4.90 Å².